The summed E-state index contributed by atoms with van der Waals surface area (Å²) in [7, 11) is 0. The van der Waals surface area contributed by atoms with Crippen LogP contribution in [0.25, 0.3) is 27.5 Å². The average Bonchev–Trinajstić information content (AvgIpc) is 3.57. The minimum atomic E-state index is -0.245. The van der Waals surface area contributed by atoms with Crippen LogP contribution in [0.1, 0.15) is 21.7 Å². The number of aromatic nitrogens is 6. The van der Waals surface area contributed by atoms with Gasteiger partial charge in [0.2, 0.25) is 0 Å². The zero-order valence-corrected chi connectivity index (χ0v) is 18.8. The molecular weight excluding hydrogens is 440 g/mol. The molecule has 0 aliphatic carbocycles. The number of nitrogens with zero attached hydrogens (tertiary/aromatic N) is 5. The molecule has 0 spiro atoms. The first-order valence-electron chi connectivity index (χ1n) is 10.7. The van der Waals surface area contributed by atoms with Crippen LogP contribution in [-0.2, 0) is 11.3 Å². The lowest BCUT2D eigenvalue weighted by atomic mass is 10.2. The molecule has 3 N–H and O–H groups in total. The van der Waals surface area contributed by atoms with Crippen molar-refractivity contribution in [2.24, 2.45) is 0 Å². The topological polar surface area (TPSA) is 116 Å². The molecule has 168 valence electrons. The highest BCUT2D eigenvalue weighted by molar-refractivity contribution is 7.15. The lowest BCUT2D eigenvalue weighted by Gasteiger charge is -2.26. The number of benzene rings is 1. The maximum absolute atomic E-state index is 13.0. The molecule has 0 radical (unpaired) electrons. The predicted octanol–water partition coefficient (Wildman–Crippen LogP) is 3.06. The molecule has 33 heavy (non-hydrogen) atoms. The first-order chi connectivity index (χ1) is 16.2. The molecule has 11 heteroatoms. The van der Waals surface area contributed by atoms with E-state index >= 15 is 0 Å². The average molecular weight is 463 g/mol. The molecule has 6 rings (SSSR count). The number of aryl methyl sites for hydroxylation is 1. The van der Waals surface area contributed by atoms with Gasteiger partial charge in [-0.3, -0.25) is 19.2 Å². The van der Waals surface area contributed by atoms with Crippen LogP contribution in [-0.4, -0.2) is 66.7 Å². The van der Waals surface area contributed by atoms with Crippen molar-refractivity contribution in [2.45, 2.75) is 13.5 Å². The molecule has 1 saturated heterocycles. The van der Waals surface area contributed by atoms with Gasteiger partial charge in [-0.15, -0.1) is 11.3 Å². The van der Waals surface area contributed by atoms with E-state index in [1.165, 1.54) is 16.9 Å². The number of amides is 1. The van der Waals surface area contributed by atoms with Crippen LogP contribution in [0.4, 0.5) is 5.69 Å². The van der Waals surface area contributed by atoms with Gasteiger partial charge in [0.1, 0.15) is 11.4 Å². The van der Waals surface area contributed by atoms with E-state index in [4.69, 9.17) is 9.72 Å². The Bertz CT molecular complexity index is 1460. The third-order valence-electron chi connectivity index (χ3n) is 5.83. The number of fused-ring (bicyclic) bond motifs is 2. The van der Waals surface area contributed by atoms with Crippen LogP contribution in [0.3, 0.4) is 0 Å². The summed E-state index contributed by atoms with van der Waals surface area (Å²) in [4.78, 5) is 28.7. The number of rotatable bonds is 5. The molecule has 1 aromatic carbocycles. The molecule has 0 saturated carbocycles. The molecule has 0 unspecified atom stereocenters. The molecule has 1 amide bonds. The van der Waals surface area contributed by atoms with Gasteiger partial charge in [0.15, 0.2) is 10.8 Å². The predicted molar refractivity (Wildman–Crippen MR) is 126 cm³/mol. The summed E-state index contributed by atoms with van der Waals surface area (Å²) >= 11 is 1.49. The Balaban J connectivity index is 1.26. The summed E-state index contributed by atoms with van der Waals surface area (Å²) < 4.78 is 7.23. The van der Waals surface area contributed by atoms with Gasteiger partial charge < -0.3 is 15.0 Å². The van der Waals surface area contributed by atoms with Crippen molar-refractivity contribution in [3.05, 3.63) is 52.9 Å². The van der Waals surface area contributed by atoms with E-state index in [9.17, 15) is 4.79 Å². The minimum Gasteiger partial charge on any atom is -0.379 e. The summed E-state index contributed by atoms with van der Waals surface area (Å²) in [6.07, 6.45) is 3.43. The second kappa shape index (κ2) is 8.10. The fourth-order valence-electron chi connectivity index (χ4n) is 4.20. The number of hydrogen-bond donors (Lipinski definition) is 3. The summed E-state index contributed by atoms with van der Waals surface area (Å²) in [5.74, 6) is 0.372. The molecule has 0 bridgehead atoms. The lowest BCUT2D eigenvalue weighted by molar-refractivity contribution is 0.0342. The number of anilines is 1. The van der Waals surface area contributed by atoms with Crippen LogP contribution in [0.5, 0.6) is 0 Å². The van der Waals surface area contributed by atoms with E-state index in [0.29, 0.717) is 28.6 Å². The monoisotopic (exact) mass is 462 g/mol. The zero-order chi connectivity index (χ0) is 22.4. The number of carbonyl (C=O) groups excluding carboxylic acids is 1. The number of H-pyrrole nitrogens is 2. The SMILES string of the molecule is Cc1nc2sccn2c1C(=O)Nc1cn[nH]c1-c1nc2ccc(CN3CCOCC3)cc2[nH]1. The molecule has 4 aromatic heterocycles. The highest BCUT2D eigenvalue weighted by Crippen LogP contribution is 2.27. The van der Waals surface area contributed by atoms with Crippen molar-refractivity contribution in [3.63, 3.8) is 0 Å². The van der Waals surface area contributed by atoms with E-state index in [2.05, 4.69) is 42.5 Å². The maximum Gasteiger partial charge on any atom is 0.274 e. The second-order valence-electron chi connectivity index (χ2n) is 8.04. The van der Waals surface area contributed by atoms with E-state index in [1.807, 2.05) is 24.6 Å². The fourth-order valence-corrected chi connectivity index (χ4v) is 4.96. The number of imidazole rings is 2. The fraction of sp³-hybridized carbons (Fsp3) is 0.273. The molecule has 1 aliphatic heterocycles. The van der Waals surface area contributed by atoms with Crippen molar-refractivity contribution in [1.29, 1.82) is 0 Å². The normalized spacial score (nSPS) is 14.9. The van der Waals surface area contributed by atoms with Crippen molar-refractivity contribution < 1.29 is 9.53 Å². The highest BCUT2D eigenvalue weighted by atomic mass is 32.1. The quantitative estimate of drug-likeness (QED) is 0.370. The minimum absolute atomic E-state index is 0.245. The van der Waals surface area contributed by atoms with Gasteiger partial charge in [0, 0.05) is 31.2 Å². The Morgan fingerprint density at radius 1 is 1.27 bits per heavy atom. The smallest absolute Gasteiger partial charge is 0.274 e. The van der Waals surface area contributed by atoms with E-state index in [0.717, 1.165) is 48.8 Å². The number of hydrogen-bond acceptors (Lipinski definition) is 7. The Hall–Kier alpha value is -3.54. The molecule has 5 aromatic rings. The lowest BCUT2D eigenvalue weighted by Crippen LogP contribution is -2.35. The maximum atomic E-state index is 13.0. The number of aromatic amines is 2. The standard InChI is InChI=1S/C22H22N8O2S/c1-13-19(30-6-9-33-22(30)24-13)21(31)27-17-11-23-28-18(17)20-25-15-3-2-14(10-16(15)26-20)12-29-4-7-32-8-5-29/h2-3,6,9-11H,4-5,7-8,12H2,1H3,(H,23,28)(H,25,26)(H,27,31). The molecule has 10 nitrogen and oxygen atoms in total. The molecule has 1 fully saturated rings. The number of morpholine rings is 1. The van der Waals surface area contributed by atoms with Gasteiger partial charge >= 0.3 is 0 Å². The number of nitrogens with one attached hydrogen (secondary N) is 3. The van der Waals surface area contributed by atoms with Gasteiger partial charge in [0.05, 0.1) is 41.8 Å². The van der Waals surface area contributed by atoms with Gasteiger partial charge in [-0.2, -0.15) is 5.10 Å². The van der Waals surface area contributed by atoms with E-state index < -0.39 is 0 Å². The summed E-state index contributed by atoms with van der Waals surface area (Å²) in [5.41, 5.74) is 5.38. The van der Waals surface area contributed by atoms with Crippen molar-refractivity contribution in [1.82, 2.24) is 34.4 Å². The molecular formula is C22H22N8O2S. The third-order valence-corrected chi connectivity index (χ3v) is 6.59. The Labute approximate surface area is 192 Å². The summed E-state index contributed by atoms with van der Waals surface area (Å²) in [5, 5.41) is 12.0. The second-order valence-corrected chi connectivity index (χ2v) is 8.91. The zero-order valence-electron chi connectivity index (χ0n) is 18.0. The van der Waals surface area contributed by atoms with Crippen LogP contribution in [0, 0.1) is 6.92 Å². The number of ether oxygens (including phenoxy) is 1. The Morgan fingerprint density at radius 2 is 2.15 bits per heavy atom. The van der Waals surface area contributed by atoms with Crippen molar-refractivity contribution >= 4 is 38.9 Å². The van der Waals surface area contributed by atoms with Gasteiger partial charge in [-0.25, -0.2) is 9.97 Å². The first kappa shape index (κ1) is 20.1. The van der Waals surface area contributed by atoms with E-state index in [1.54, 1.807) is 10.6 Å². The van der Waals surface area contributed by atoms with E-state index in [-0.39, 0.29) is 5.91 Å². The van der Waals surface area contributed by atoms with Crippen LogP contribution in [0.2, 0.25) is 0 Å². The largest absolute Gasteiger partial charge is 0.379 e. The van der Waals surface area contributed by atoms with Crippen molar-refractivity contribution in [3.8, 4) is 11.5 Å². The highest BCUT2D eigenvalue weighted by Gasteiger charge is 2.21. The first-order valence-corrected chi connectivity index (χ1v) is 11.6. The Morgan fingerprint density at radius 3 is 3.03 bits per heavy atom. The third kappa shape index (κ3) is 3.69. The van der Waals surface area contributed by atoms with Gasteiger partial charge in [0.25, 0.3) is 5.91 Å². The number of thiazole rings is 1. The molecule has 5 heterocycles. The molecule has 1 aliphatic rings. The Kier molecular flexibility index (Phi) is 4.93. The van der Waals surface area contributed by atoms with Crippen LogP contribution in [0.15, 0.2) is 36.0 Å². The van der Waals surface area contributed by atoms with Gasteiger partial charge in [-0.1, -0.05) is 6.07 Å². The van der Waals surface area contributed by atoms with Crippen LogP contribution >= 0.6 is 11.3 Å². The van der Waals surface area contributed by atoms with Gasteiger partial charge in [-0.05, 0) is 24.6 Å². The summed E-state index contributed by atoms with van der Waals surface area (Å²) in [6, 6.07) is 6.24. The number of carbonyl (C=O) groups is 1. The summed E-state index contributed by atoms with van der Waals surface area (Å²) in [6.45, 7) is 6.15. The van der Waals surface area contributed by atoms with Crippen LogP contribution < -0.4 is 5.32 Å². The van der Waals surface area contributed by atoms with Crippen molar-refractivity contribution in [2.75, 3.05) is 31.6 Å². The molecule has 0 atom stereocenters.